The highest BCUT2D eigenvalue weighted by Crippen LogP contribution is 2.45. The van der Waals surface area contributed by atoms with Crippen molar-refractivity contribution in [1.82, 2.24) is 0 Å². The third kappa shape index (κ3) is 9.09. The van der Waals surface area contributed by atoms with Crippen molar-refractivity contribution < 1.29 is 0 Å². The van der Waals surface area contributed by atoms with Gasteiger partial charge in [-0.1, -0.05) is 146 Å². The van der Waals surface area contributed by atoms with E-state index < -0.39 is 0 Å². The van der Waals surface area contributed by atoms with Crippen molar-refractivity contribution in [3.63, 3.8) is 0 Å². The summed E-state index contributed by atoms with van der Waals surface area (Å²) in [6.45, 7) is 20.3. The summed E-state index contributed by atoms with van der Waals surface area (Å²) in [4.78, 5) is 5.41. The normalized spacial score (nSPS) is 14.9. The van der Waals surface area contributed by atoms with Crippen LogP contribution in [0.5, 0.6) is 0 Å². The number of benzene rings is 7. The summed E-state index contributed by atoms with van der Waals surface area (Å²) in [6, 6.07) is 48.3. The first kappa shape index (κ1) is 44.4. The monoisotopic (exact) mass is 858 g/mol. The summed E-state index contributed by atoms with van der Waals surface area (Å²) < 4.78 is 0. The molecule has 0 saturated heterocycles. The molecule has 334 valence electrons. The second-order valence-electron chi connectivity index (χ2n) is 20.1. The molecule has 0 radical (unpaired) electrons. The Morgan fingerprint density at radius 2 is 0.800 bits per heavy atom. The van der Waals surface area contributed by atoms with E-state index in [0.29, 0.717) is 12.1 Å². The molecule has 7 aromatic rings. The van der Waals surface area contributed by atoms with Crippen LogP contribution in [0.3, 0.4) is 0 Å². The fourth-order valence-electron chi connectivity index (χ4n) is 12.2. The molecule has 9 rings (SSSR count). The first-order valence-corrected chi connectivity index (χ1v) is 24.8. The van der Waals surface area contributed by atoms with Gasteiger partial charge in [0.25, 0.3) is 0 Å². The van der Waals surface area contributed by atoms with Crippen LogP contribution in [0.2, 0.25) is 0 Å². The Morgan fingerprint density at radius 1 is 0.415 bits per heavy atom. The van der Waals surface area contributed by atoms with Crippen LogP contribution >= 0.6 is 0 Å². The Labute approximate surface area is 390 Å². The van der Waals surface area contributed by atoms with Gasteiger partial charge >= 0.3 is 0 Å². The van der Waals surface area contributed by atoms with Gasteiger partial charge in [0.2, 0.25) is 0 Å². The quantitative estimate of drug-likeness (QED) is 0.131. The topological polar surface area (TPSA) is 18.5 Å². The molecule has 2 aliphatic rings. The van der Waals surface area contributed by atoms with Crippen LogP contribution < -0.4 is 15.1 Å². The third-order valence-electron chi connectivity index (χ3n) is 14.8. The molecule has 2 fully saturated rings. The zero-order valence-electron chi connectivity index (χ0n) is 40.7. The minimum absolute atomic E-state index is 0.0249. The number of rotatable bonds is 11. The molecule has 2 saturated carbocycles. The van der Waals surface area contributed by atoms with Gasteiger partial charge < -0.3 is 15.1 Å². The zero-order valence-corrected chi connectivity index (χ0v) is 40.7. The van der Waals surface area contributed by atoms with Gasteiger partial charge in [0.05, 0.1) is 0 Å². The minimum Gasteiger partial charge on any atom is -0.355 e. The highest BCUT2D eigenvalue weighted by molar-refractivity contribution is 5.98. The maximum absolute atomic E-state index is 3.90. The number of hydrogen-bond donors (Lipinski definition) is 1. The Kier molecular flexibility index (Phi) is 13.0. The summed E-state index contributed by atoms with van der Waals surface area (Å²) in [5.74, 6) is 0.0249. The van der Waals surface area contributed by atoms with E-state index in [9.17, 15) is 0 Å². The van der Waals surface area contributed by atoms with Crippen molar-refractivity contribution in [2.75, 3.05) is 15.1 Å². The molecule has 7 aromatic carbocycles. The Balaban J connectivity index is 1.18. The Hall–Kier alpha value is -5.80. The van der Waals surface area contributed by atoms with Crippen LogP contribution in [0.25, 0.3) is 10.8 Å². The lowest BCUT2D eigenvalue weighted by Gasteiger charge is -2.38. The van der Waals surface area contributed by atoms with Crippen LogP contribution in [0, 0.1) is 62.3 Å². The molecule has 2 aliphatic carbocycles. The first-order chi connectivity index (χ1) is 31.4. The summed E-state index contributed by atoms with van der Waals surface area (Å²) in [5.41, 5.74) is 23.6. The van der Waals surface area contributed by atoms with Crippen LogP contribution in [0.15, 0.2) is 121 Å². The van der Waals surface area contributed by atoms with Gasteiger partial charge in [-0.25, -0.2) is 0 Å². The summed E-state index contributed by atoms with van der Waals surface area (Å²) >= 11 is 0. The van der Waals surface area contributed by atoms with E-state index >= 15 is 0 Å². The number of hydrogen-bond acceptors (Lipinski definition) is 3. The third-order valence-corrected chi connectivity index (χ3v) is 14.8. The molecule has 3 heteroatoms. The van der Waals surface area contributed by atoms with Gasteiger partial charge in [-0.3, -0.25) is 0 Å². The average molecular weight is 858 g/mol. The largest absolute Gasteiger partial charge is 0.355 e. The predicted octanol–water partition coefficient (Wildman–Crippen LogP) is 17.5. The lowest BCUT2D eigenvalue weighted by atomic mass is 9.82. The van der Waals surface area contributed by atoms with Gasteiger partial charge in [-0.15, -0.1) is 0 Å². The summed E-state index contributed by atoms with van der Waals surface area (Å²) in [6.07, 6.45) is 12.8. The van der Waals surface area contributed by atoms with E-state index in [-0.39, 0.29) is 5.92 Å². The van der Waals surface area contributed by atoms with Crippen LogP contribution in [0.4, 0.5) is 34.1 Å². The van der Waals surface area contributed by atoms with Crippen LogP contribution in [-0.4, -0.2) is 12.1 Å². The molecule has 3 nitrogen and oxygen atoms in total. The Morgan fingerprint density at radius 3 is 1.22 bits per heavy atom. The van der Waals surface area contributed by atoms with Crippen molar-refractivity contribution in [2.45, 2.75) is 145 Å². The van der Waals surface area contributed by atoms with Crippen molar-refractivity contribution in [3.05, 3.63) is 188 Å². The number of aryl methyl sites for hydroxylation is 9. The highest BCUT2D eigenvalue weighted by atomic mass is 15.2. The van der Waals surface area contributed by atoms with Crippen molar-refractivity contribution >= 4 is 44.9 Å². The smallest absolute Gasteiger partial charge is 0.0472 e. The molecule has 0 aliphatic heterocycles. The molecule has 0 spiro atoms. The molecular formula is C62H71N3. The molecule has 0 aromatic heterocycles. The van der Waals surface area contributed by atoms with E-state index in [1.165, 1.54) is 170 Å². The van der Waals surface area contributed by atoms with Crippen molar-refractivity contribution in [3.8, 4) is 0 Å². The van der Waals surface area contributed by atoms with E-state index in [2.05, 4.69) is 199 Å². The number of anilines is 6. The number of fused-ring (bicyclic) bond motifs is 1. The maximum atomic E-state index is 3.90. The zero-order chi connectivity index (χ0) is 45.4. The van der Waals surface area contributed by atoms with Gasteiger partial charge in [0.1, 0.15) is 0 Å². The van der Waals surface area contributed by atoms with Gasteiger partial charge in [-0.2, -0.15) is 0 Å². The van der Waals surface area contributed by atoms with Crippen LogP contribution in [-0.2, 0) is 0 Å². The SMILES string of the molecule is Cc1cc(C)c(Nc2ccc(C(c3ccc(N(c4c(C)cc(C)cc4C)C4CCCCC4)cc3)c3ccc(N(c4c(C)cc(C)cc4C)C4CCCCC4)cc3)c3ccccc23)c(C)c1. The molecule has 0 bridgehead atoms. The van der Waals surface area contributed by atoms with Crippen molar-refractivity contribution in [2.24, 2.45) is 0 Å². The predicted molar refractivity (Wildman–Crippen MR) is 281 cm³/mol. The number of nitrogens with one attached hydrogen (secondary N) is 1. The van der Waals surface area contributed by atoms with Gasteiger partial charge in [0.15, 0.2) is 0 Å². The molecule has 0 amide bonds. The lowest BCUT2D eigenvalue weighted by Crippen LogP contribution is -2.34. The first-order valence-electron chi connectivity index (χ1n) is 24.8. The minimum atomic E-state index is 0.0249. The standard InChI is InChI=1S/C62H71N3/c1-40-34-43(4)60(44(5)35-40)63-58-33-32-57(55-22-16-17-23-56(55)58)59(49-24-28-53(29-25-49)64(51-18-12-10-13-19-51)61-45(6)36-41(2)37-46(61)7)50-26-30-54(31-27-50)65(52-20-14-11-15-21-52)62-47(8)38-42(3)39-48(62)9/h16-17,22-39,51-52,59,63H,10-15,18-21H2,1-9H3. The summed E-state index contributed by atoms with van der Waals surface area (Å²) in [7, 11) is 0. The second kappa shape index (κ2) is 19.0. The lowest BCUT2D eigenvalue weighted by molar-refractivity contribution is 0.435. The molecule has 65 heavy (non-hydrogen) atoms. The van der Waals surface area contributed by atoms with Crippen LogP contribution in [0.1, 0.15) is 137 Å². The van der Waals surface area contributed by atoms with Crippen molar-refractivity contribution in [1.29, 1.82) is 0 Å². The highest BCUT2D eigenvalue weighted by Gasteiger charge is 2.29. The molecule has 0 heterocycles. The maximum Gasteiger partial charge on any atom is 0.0472 e. The van der Waals surface area contributed by atoms with E-state index in [4.69, 9.17) is 0 Å². The fraction of sp³-hybridized carbons (Fsp3) is 0.355. The van der Waals surface area contributed by atoms with E-state index in [0.717, 1.165) is 5.69 Å². The van der Waals surface area contributed by atoms with Gasteiger partial charge in [-0.05, 0) is 174 Å². The molecular weight excluding hydrogens is 787 g/mol. The Bertz CT molecular complexity index is 2610. The number of nitrogens with zero attached hydrogens (tertiary/aromatic N) is 2. The van der Waals surface area contributed by atoms with E-state index in [1.807, 2.05) is 0 Å². The molecule has 0 atom stereocenters. The molecule has 1 N–H and O–H groups in total. The molecule has 0 unspecified atom stereocenters. The average Bonchev–Trinajstić information content (AvgIpc) is 3.29. The second-order valence-corrected chi connectivity index (χ2v) is 20.1. The van der Waals surface area contributed by atoms with Gasteiger partial charge in [0, 0.05) is 57.5 Å². The fourth-order valence-corrected chi connectivity index (χ4v) is 12.2. The summed E-state index contributed by atoms with van der Waals surface area (Å²) in [5, 5.41) is 6.42. The van der Waals surface area contributed by atoms with E-state index in [1.54, 1.807) is 0 Å².